The number of thioether (sulfide) groups is 1. The van der Waals surface area contributed by atoms with Gasteiger partial charge in [-0.2, -0.15) is 0 Å². The molecule has 1 saturated heterocycles. The first-order chi connectivity index (χ1) is 20.1. The van der Waals surface area contributed by atoms with Gasteiger partial charge in [0.15, 0.2) is 5.16 Å². The van der Waals surface area contributed by atoms with Gasteiger partial charge in [-0.05, 0) is 59.5 Å². The molecule has 1 aromatic heterocycles. The first-order valence-corrected chi connectivity index (χ1v) is 15.2. The molecule has 4 aromatic rings. The van der Waals surface area contributed by atoms with Crippen molar-refractivity contribution in [2.24, 2.45) is 0 Å². The predicted octanol–water partition coefficient (Wildman–Crippen LogP) is 5.96. The highest BCUT2D eigenvalue weighted by atomic mass is 35.5. The number of amides is 1. The van der Waals surface area contributed by atoms with Crippen LogP contribution in [0, 0.1) is 0 Å². The number of nitrogens with zero attached hydrogens (tertiary/aromatic N) is 5. The lowest BCUT2D eigenvalue weighted by atomic mass is 9.99. The number of hydrogen-bond donors (Lipinski definition) is 0. The molecule has 0 N–H and O–H groups in total. The minimum atomic E-state index is 0.0708. The number of methoxy groups -OCH3 is 1. The third-order valence-electron chi connectivity index (χ3n) is 7.66. The Labute approximate surface area is 250 Å². The molecular weight excluding hydrogens is 554 g/mol. The van der Waals surface area contributed by atoms with Crippen LogP contribution in [0.15, 0.2) is 84.0 Å². The van der Waals surface area contributed by atoms with Crippen LogP contribution >= 0.6 is 23.4 Å². The van der Waals surface area contributed by atoms with Crippen molar-refractivity contribution >= 4 is 40.8 Å². The smallest absolute Gasteiger partial charge is 0.254 e. The Morgan fingerprint density at radius 3 is 2.41 bits per heavy atom. The highest BCUT2D eigenvalue weighted by Crippen LogP contribution is 2.28. The summed E-state index contributed by atoms with van der Waals surface area (Å²) >= 11 is 7.96. The topological polar surface area (TPSA) is 61.8 Å². The minimum absolute atomic E-state index is 0.0708. The molecule has 0 unspecified atom stereocenters. The number of rotatable bonds is 7. The molecule has 0 atom stereocenters. The van der Waals surface area contributed by atoms with Gasteiger partial charge in [0.25, 0.3) is 5.91 Å². The van der Waals surface area contributed by atoms with Gasteiger partial charge in [0.05, 0.1) is 7.11 Å². The maximum absolute atomic E-state index is 13.3. The number of fused-ring (bicyclic) bond motifs is 1. The van der Waals surface area contributed by atoms with Crippen LogP contribution in [-0.2, 0) is 18.7 Å². The molecular formula is C32H32ClN5O2S. The summed E-state index contributed by atoms with van der Waals surface area (Å²) in [6.45, 7) is 4.85. The molecule has 9 heteroatoms. The SMILES string of the molecule is COc1ccc(N2CCN(c3cc(Cl)nc(SCc4cccc(C(=O)N5CCc6ccccc6C5)c4)n3)CC2)cc1. The molecule has 3 heterocycles. The number of carbonyl (C=O) groups is 1. The van der Waals surface area contributed by atoms with E-state index in [0.29, 0.717) is 28.2 Å². The largest absolute Gasteiger partial charge is 0.497 e. The summed E-state index contributed by atoms with van der Waals surface area (Å²) in [6, 6.07) is 26.3. The van der Waals surface area contributed by atoms with Gasteiger partial charge in [-0.15, -0.1) is 0 Å². The van der Waals surface area contributed by atoms with Crippen molar-refractivity contribution in [2.75, 3.05) is 49.6 Å². The summed E-state index contributed by atoms with van der Waals surface area (Å²) in [4.78, 5) is 29.2. The Kier molecular flexibility index (Phi) is 8.30. The quantitative estimate of drug-likeness (QED) is 0.151. The van der Waals surface area contributed by atoms with E-state index in [0.717, 1.165) is 56.3 Å². The lowest BCUT2D eigenvalue weighted by Gasteiger charge is -2.36. The second-order valence-corrected chi connectivity index (χ2v) is 11.6. The maximum Gasteiger partial charge on any atom is 0.254 e. The van der Waals surface area contributed by atoms with E-state index in [1.807, 2.05) is 53.4 Å². The second kappa shape index (κ2) is 12.4. The Balaban J connectivity index is 1.07. The average molecular weight is 586 g/mol. The normalized spacial score (nSPS) is 15.0. The zero-order valence-corrected chi connectivity index (χ0v) is 24.6. The van der Waals surface area contributed by atoms with Crippen LogP contribution in [0.2, 0.25) is 5.15 Å². The van der Waals surface area contributed by atoms with E-state index < -0.39 is 0 Å². The number of ether oxygens (including phenoxy) is 1. The second-order valence-electron chi connectivity index (χ2n) is 10.2. The van der Waals surface area contributed by atoms with Crippen molar-refractivity contribution in [1.29, 1.82) is 0 Å². The van der Waals surface area contributed by atoms with Gasteiger partial charge in [-0.3, -0.25) is 4.79 Å². The van der Waals surface area contributed by atoms with Crippen LogP contribution in [0.3, 0.4) is 0 Å². The zero-order valence-electron chi connectivity index (χ0n) is 23.0. The molecule has 0 bridgehead atoms. The summed E-state index contributed by atoms with van der Waals surface area (Å²) in [5.74, 6) is 2.42. The van der Waals surface area contributed by atoms with Gasteiger partial charge in [-0.1, -0.05) is 59.8 Å². The molecule has 7 nitrogen and oxygen atoms in total. The number of anilines is 2. The number of hydrogen-bond acceptors (Lipinski definition) is 7. The van der Waals surface area contributed by atoms with Crippen molar-refractivity contribution in [1.82, 2.24) is 14.9 Å². The number of carbonyl (C=O) groups excluding carboxylic acids is 1. The maximum atomic E-state index is 13.3. The van der Waals surface area contributed by atoms with E-state index >= 15 is 0 Å². The van der Waals surface area contributed by atoms with E-state index in [1.54, 1.807) is 7.11 Å². The molecule has 1 fully saturated rings. The fraction of sp³-hybridized carbons (Fsp3) is 0.281. The molecule has 0 spiro atoms. The first-order valence-electron chi connectivity index (χ1n) is 13.8. The molecule has 6 rings (SSSR count). The Morgan fingerprint density at radius 1 is 0.878 bits per heavy atom. The molecule has 210 valence electrons. The van der Waals surface area contributed by atoms with Crippen molar-refractivity contribution < 1.29 is 9.53 Å². The Bertz CT molecular complexity index is 1530. The number of benzene rings is 3. The van der Waals surface area contributed by atoms with Crippen LogP contribution in [0.5, 0.6) is 5.75 Å². The van der Waals surface area contributed by atoms with Crippen LogP contribution in [0.4, 0.5) is 11.5 Å². The van der Waals surface area contributed by atoms with Gasteiger partial charge >= 0.3 is 0 Å². The van der Waals surface area contributed by atoms with Gasteiger partial charge < -0.3 is 19.4 Å². The first kappa shape index (κ1) is 27.4. The highest BCUT2D eigenvalue weighted by molar-refractivity contribution is 7.98. The number of aromatic nitrogens is 2. The lowest BCUT2D eigenvalue weighted by molar-refractivity contribution is 0.0734. The average Bonchev–Trinajstić information content (AvgIpc) is 3.03. The summed E-state index contributed by atoms with van der Waals surface area (Å²) in [5.41, 5.74) is 5.52. The van der Waals surface area contributed by atoms with Gasteiger partial charge in [0, 0.05) is 62.3 Å². The van der Waals surface area contributed by atoms with Crippen LogP contribution < -0.4 is 14.5 Å². The van der Waals surface area contributed by atoms with E-state index in [1.165, 1.54) is 28.6 Å². The molecule has 2 aliphatic heterocycles. The number of halogens is 1. The van der Waals surface area contributed by atoms with E-state index in [-0.39, 0.29) is 5.91 Å². The van der Waals surface area contributed by atoms with Crippen LogP contribution in [0.25, 0.3) is 0 Å². The van der Waals surface area contributed by atoms with Crippen LogP contribution in [0.1, 0.15) is 27.0 Å². The molecule has 41 heavy (non-hydrogen) atoms. The molecule has 3 aromatic carbocycles. The monoisotopic (exact) mass is 585 g/mol. The van der Waals surface area contributed by atoms with E-state index in [4.69, 9.17) is 21.3 Å². The summed E-state index contributed by atoms with van der Waals surface area (Å²) in [5, 5.41) is 1.07. The molecule has 0 aliphatic carbocycles. The van der Waals surface area contributed by atoms with Crippen molar-refractivity contribution in [2.45, 2.75) is 23.9 Å². The van der Waals surface area contributed by atoms with Gasteiger partial charge in [0.1, 0.15) is 16.7 Å². The Morgan fingerprint density at radius 2 is 1.63 bits per heavy atom. The molecule has 1 amide bonds. The summed E-state index contributed by atoms with van der Waals surface area (Å²) in [7, 11) is 1.68. The Hall–Kier alpha value is -3.75. The fourth-order valence-corrected chi connectivity index (χ4v) is 6.42. The van der Waals surface area contributed by atoms with Crippen LogP contribution in [-0.4, -0.2) is 60.6 Å². The third kappa shape index (κ3) is 6.44. The third-order valence-corrected chi connectivity index (χ3v) is 8.77. The molecule has 0 saturated carbocycles. The molecule has 2 aliphatic rings. The standard InChI is InChI=1S/C32H32ClN5O2S/c1-40-28-11-9-27(10-12-28)36-15-17-37(18-16-36)30-20-29(33)34-32(35-30)41-22-23-5-4-8-25(19-23)31(39)38-14-13-24-6-2-3-7-26(24)21-38/h2-12,19-20H,13-18,21-22H2,1H3. The van der Waals surface area contributed by atoms with Gasteiger partial charge in [0.2, 0.25) is 0 Å². The van der Waals surface area contributed by atoms with E-state index in [2.05, 4.69) is 45.1 Å². The predicted molar refractivity (Wildman–Crippen MR) is 165 cm³/mol. The highest BCUT2D eigenvalue weighted by Gasteiger charge is 2.22. The minimum Gasteiger partial charge on any atom is -0.497 e. The summed E-state index contributed by atoms with van der Waals surface area (Å²) in [6.07, 6.45) is 0.891. The fourth-order valence-electron chi connectivity index (χ4n) is 5.39. The lowest BCUT2D eigenvalue weighted by Crippen LogP contribution is -2.46. The summed E-state index contributed by atoms with van der Waals surface area (Å²) < 4.78 is 5.28. The van der Waals surface area contributed by atoms with Crippen molar-refractivity contribution in [3.05, 3.63) is 106 Å². The zero-order chi connectivity index (χ0) is 28.2. The number of piperazine rings is 1. The van der Waals surface area contributed by atoms with Gasteiger partial charge in [-0.25, -0.2) is 9.97 Å². The van der Waals surface area contributed by atoms with E-state index in [9.17, 15) is 4.79 Å². The molecule has 0 radical (unpaired) electrons. The van der Waals surface area contributed by atoms with Crippen molar-refractivity contribution in [3.63, 3.8) is 0 Å². The van der Waals surface area contributed by atoms with Crippen molar-refractivity contribution in [3.8, 4) is 5.75 Å².